The molecule has 3 aliphatic heterocycles. The van der Waals surface area contributed by atoms with Gasteiger partial charge in [-0.1, -0.05) is 0 Å². The monoisotopic (exact) mass is 362 g/mol. The summed E-state index contributed by atoms with van der Waals surface area (Å²) in [6.45, 7) is 5.62. The van der Waals surface area contributed by atoms with E-state index in [1.807, 2.05) is 0 Å². The predicted octanol–water partition coefficient (Wildman–Crippen LogP) is 1.74. The first kappa shape index (κ1) is 15.7. The summed E-state index contributed by atoms with van der Waals surface area (Å²) in [6, 6.07) is 0. The van der Waals surface area contributed by atoms with Gasteiger partial charge in [0.15, 0.2) is 0 Å². The van der Waals surface area contributed by atoms with E-state index in [4.69, 9.17) is 23.7 Å². The minimum Gasteiger partial charge on any atom is -0.379 e. The predicted molar refractivity (Wildman–Crippen MR) is 91.6 cm³/mol. The fourth-order valence-corrected chi connectivity index (χ4v) is 9.51. The van der Waals surface area contributed by atoms with Gasteiger partial charge in [-0.3, -0.25) is 0 Å². The highest BCUT2D eigenvalue weighted by molar-refractivity contribution is 5.43. The molecule has 0 aromatic carbocycles. The van der Waals surface area contributed by atoms with Gasteiger partial charge in [0.05, 0.1) is 50.8 Å². The summed E-state index contributed by atoms with van der Waals surface area (Å²) in [7, 11) is 0. The summed E-state index contributed by atoms with van der Waals surface area (Å²) in [5.74, 6) is 7.30. The van der Waals surface area contributed by atoms with Crippen LogP contribution in [0, 0.1) is 47.3 Å². The Kier molecular flexibility index (Phi) is 3.16. The van der Waals surface area contributed by atoms with E-state index in [-0.39, 0.29) is 11.2 Å². The van der Waals surface area contributed by atoms with Gasteiger partial charge in [-0.05, 0) is 53.8 Å². The molecule has 5 saturated carbocycles. The van der Waals surface area contributed by atoms with Crippen molar-refractivity contribution in [1.29, 1.82) is 0 Å². The largest absolute Gasteiger partial charge is 0.379 e. The van der Waals surface area contributed by atoms with E-state index in [0.717, 1.165) is 73.4 Å². The lowest BCUT2D eigenvalue weighted by molar-refractivity contribution is -0.0971. The van der Waals surface area contributed by atoms with Gasteiger partial charge in [0, 0.05) is 26.1 Å². The maximum Gasteiger partial charge on any atom is 0.0781 e. The maximum absolute atomic E-state index is 7.15. The molecule has 8 aliphatic rings. The molecule has 26 heavy (non-hydrogen) atoms. The number of ether oxygens (including phenoxy) is 5. The van der Waals surface area contributed by atoms with E-state index in [1.54, 1.807) is 0 Å². The van der Waals surface area contributed by atoms with E-state index in [2.05, 4.69) is 0 Å². The summed E-state index contributed by atoms with van der Waals surface area (Å²) < 4.78 is 30.2. The van der Waals surface area contributed by atoms with Gasteiger partial charge in [0.1, 0.15) is 0 Å². The Balaban J connectivity index is 1.15. The molecule has 0 N–H and O–H groups in total. The Labute approximate surface area is 155 Å². The second-order valence-electron chi connectivity index (χ2n) is 9.78. The van der Waals surface area contributed by atoms with Crippen LogP contribution in [-0.2, 0) is 23.7 Å². The average Bonchev–Trinajstić information content (AvgIpc) is 3.27. The highest BCUT2D eigenvalue weighted by atomic mass is 16.6. The van der Waals surface area contributed by atoms with Crippen molar-refractivity contribution in [3.8, 4) is 0 Å². The molecule has 0 radical (unpaired) electrons. The highest BCUT2D eigenvalue weighted by Crippen LogP contribution is 2.93. The van der Waals surface area contributed by atoms with Crippen LogP contribution < -0.4 is 0 Å². The zero-order valence-corrected chi connectivity index (χ0v) is 15.4. The normalized spacial score (nSPS) is 62.8. The lowest BCUT2D eigenvalue weighted by Gasteiger charge is -2.48. The molecule has 5 aliphatic carbocycles. The highest BCUT2D eigenvalue weighted by Gasteiger charge is 2.96. The molecule has 0 aromatic heterocycles. The summed E-state index contributed by atoms with van der Waals surface area (Å²) >= 11 is 0. The fourth-order valence-electron chi connectivity index (χ4n) is 9.51. The van der Waals surface area contributed by atoms with Gasteiger partial charge in [-0.25, -0.2) is 0 Å². The second-order valence-corrected chi connectivity index (χ2v) is 9.78. The third-order valence-electron chi connectivity index (χ3n) is 9.53. The van der Waals surface area contributed by atoms with Gasteiger partial charge < -0.3 is 23.7 Å². The molecule has 2 spiro atoms. The van der Waals surface area contributed by atoms with Crippen LogP contribution >= 0.6 is 0 Å². The van der Waals surface area contributed by atoms with E-state index in [9.17, 15) is 0 Å². The summed E-state index contributed by atoms with van der Waals surface area (Å²) in [5, 5.41) is 0. The third-order valence-corrected chi connectivity index (χ3v) is 9.53. The first-order valence-electron chi connectivity index (χ1n) is 10.9. The quantitative estimate of drug-likeness (QED) is 0.657. The van der Waals surface area contributed by atoms with Crippen LogP contribution in [0.4, 0.5) is 0 Å². The second kappa shape index (κ2) is 5.24. The number of hydrogen-bond acceptors (Lipinski definition) is 5. The minimum absolute atomic E-state index is 0.157. The summed E-state index contributed by atoms with van der Waals surface area (Å²) in [6.07, 6.45) is 3.72. The van der Waals surface area contributed by atoms with Gasteiger partial charge in [-0.2, -0.15) is 0 Å². The third kappa shape index (κ3) is 1.57. The van der Waals surface area contributed by atoms with E-state index < -0.39 is 0 Å². The lowest BCUT2D eigenvalue weighted by Crippen LogP contribution is -2.52. The maximum atomic E-state index is 7.15. The van der Waals surface area contributed by atoms with Crippen molar-refractivity contribution in [3.63, 3.8) is 0 Å². The van der Waals surface area contributed by atoms with Crippen molar-refractivity contribution < 1.29 is 23.7 Å². The van der Waals surface area contributed by atoms with Crippen LogP contribution in [0.25, 0.3) is 0 Å². The van der Waals surface area contributed by atoms with E-state index >= 15 is 0 Å². The Morgan fingerprint density at radius 1 is 0.500 bits per heavy atom. The van der Waals surface area contributed by atoms with Crippen LogP contribution in [0.2, 0.25) is 0 Å². The average molecular weight is 362 g/mol. The summed E-state index contributed by atoms with van der Waals surface area (Å²) in [5.41, 5.74) is 0.314. The van der Waals surface area contributed by atoms with Crippen LogP contribution in [0.1, 0.15) is 19.3 Å². The Morgan fingerprint density at radius 2 is 0.923 bits per heavy atom. The molecule has 5 heteroatoms. The van der Waals surface area contributed by atoms with Gasteiger partial charge in [-0.15, -0.1) is 0 Å². The molecule has 8 rings (SSSR count). The SMILES string of the molecule is C1COCCOCCC23OC4(CCOCCO1)C1C5CC(C6C5C4C62)C13. The molecule has 4 bridgehead atoms. The van der Waals surface area contributed by atoms with Gasteiger partial charge >= 0.3 is 0 Å². The Morgan fingerprint density at radius 3 is 1.38 bits per heavy atom. The number of rotatable bonds is 0. The first-order valence-corrected chi connectivity index (χ1v) is 10.9. The Hall–Kier alpha value is -0.200. The van der Waals surface area contributed by atoms with Crippen molar-refractivity contribution in [2.45, 2.75) is 30.5 Å². The van der Waals surface area contributed by atoms with Crippen molar-refractivity contribution in [2.75, 3.05) is 52.9 Å². The molecular weight excluding hydrogens is 332 g/mol. The Bertz CT molecular complexity index is 557. The lowest BCUT2D eigenvalue weighted by atomic mass is 9.54. The molecule has 3 saturated heterocycles. The van der Waals surface area contributed by atoms with Crippen LogP contribution in [-0.4, -0.2) is 64.1 Å². The molecule has 3 heterocycles. The minimum atomic E-state index is 0.157. The molecule has 10 atom stereocenters. The van der Waals surface area contributed by atoms with Crippen molar-refractivity contribution in [1.82, 2.24) is 0 Å². The molecule has 10 unspecified atom stereocenters. The first-order chi connectivity index (χ1) is 12.9. The molecular formula is C21H30O5. The standard InChI is InChI=1S/C21H30O5/c1-3-22-5-7-24-9-10-25-8-6-23-4-2-21-17-13-11-12-14-15(13)19(21)18(14)20(1,26-21)16(12)17/h12-19H,1-11H2. The van der Waals surface area contributed by atoms with Crippen molar-refractivity contribution in [2.24, 2.45) is 47.3 Å². The molecule has 0 aromatic rings. The molecule has 0 amide bonds. The van der Waals surface area contributed by atoms with Crippen molar-refractivity contribution >= 4 is 0 Å². The van der Waals surface area contributed by atoms with Crippen LogP contribution in [0.3, 0.4) is 0 Å². The molecule has 8 fully saturated rings. The smallest absolute Gasteiger partial charge is 0.0781 e. The fraction of sp³-hybridized carbons (Fsp3) is 1.00. The summed E-state index contributed by atoms with van der Waals surface area (Å²) in [4.78, 5) is 0. The zero-order chi connectivity index (χ0) is 16.9. The van der Waals surface area contributed by atoms with E-state index in [0.29, 0.717) is 39.6 Å². The van der Waals surface area contributed by atoms with E-state index in [1.165, 1.54) is 6.42 Å². The van der Waals surface area contributed by atoms with Crippen molar-refractivity contribution in [3.05, 3.63) is 0 Å². The van der Waals surface area contributed by atoms with Crippen LogP contribution in [0.5, 0.6) is 0 Å². The molecule has 5 nitrogen and oxygen atoms in total. The molecule has 144 valence electrons. The van der Waals surface area contributed by atoms with Gasteiger partial charge in [0.25, 0.3) is 0 Å². The number of hydrogen-bond donors (Lipinski definition) is 0. The van der Waals surface area contributed by atoms with Gasteiger partial charge in [0.2, 0.25) is 0 Å². The van der Waals surface area contributed by atoms with Crippen LogP contribution in [0.15, 0.2) is 0 Å². The topological polar surface area (TPSA) is 46.2 Å². The zero-order valence-electron chi connectivity index (χ0n) is 15.4.